The summed E-state index contributed by atoms with van der Waals surface area (Å²) in [5.74, 6) is 2.75. The molecule has 0 saturated carbocycles. The second-order valence-electron chi connectivity index (χ2n) is 8.34. The minimum atomic E-state index is 0.411. The maximum Gasteiger partial charge on any atom is 0.187 e. The van der Waals surface area contributed by atoms with E-state index in [0.717, 1.165) is 67.0 Å². The number of aryl methyl sites for hydroxylation is 3. The Kier molecular flexibility index (Phi) is 5.89. The minimum Gasteiger partial charge on any atom is -0.494 e. The summed E-state index contributed by atoms with van der Waals surface area (Å²) < 4.78 is 15.8. The third kappa shape index (κ3) is 3.72. The van der Waals surface area contributed by atoms with Crippen LogP contribution in [0.4, 0.5) is 0 Å². The Morgan fingerprint density at radius 1 is 0.838 bits per heavy atom. The van der Waals surface area contributed by atoms with E-state index in [-0.39, 0.29) is 0 Å². The Balaban J connectivity index is 1.54. The van der Waals surface area contributed by atoms with E-state index in [1.165, 1.54) is 4.79 Å². The lowest BCUT2D eigenvalue weighted by atomic mass is 10.3. The van der Waals surface area contributed by atoms with Crippen LogP contribution in [0.1, 0.15) is 24.1 Å². The first kappa shape index (κ1) is 24.5. The van der Waals surface area contributed by atoms with E-state index >= 15 is 0 Å². The van der Waals surface area contributed by atoms with Gasteiger partial charge in [0.1, 0.15) is 23.2 Å². The van der Waals surface area contributed by atoms with E-state index in [1.54, 1.807) is 72.8 Å². The molecule has 0 unspecified atom stereocenters. The Bertz CT molecular complexity index is 1790. The number of aromatic nitrogens is 6. The lowest BCUT2D eigenvalue weighted by Crippen LogP contribution is -2.29. The number of thioether (sulfide) groups is 4. The van der Waals surface area contributed by atoms with Gasteiger partial charge in [0, 0.05) is 5.22 Å². The molecule has 6 rings (SSSR count). The number of hydrogen-bond acceptors (Lipinski definition) is 11. The molecule has 0 amide bonds. The third-order valence-corrected chi connectivity index (χ3v) is 10.9. The van der Waals surface area contributed by atoms with Gasteiger partial charge in [0.25, 0.3) is 0 Å². The van der Waals surface area contributed by atoms with Crippen LogP contribution < -0.4 is 31.0 Å². The van der Waals surface area contributed by atoms with Crippen molar-refractivity contribution in [2.75, 3.05) is 14.2 Å². The Hall–Kier alpha value is -2.81. The molecule has 0 spiro atoms. The van der Waals surface area contributed by atoms with Crippen LogP contribution in [0.5, 0.6) is 11.5 Å². The minimum absolute atomic E-state index is 0.411. The molecule has 0 radical (unpaired) electrons. The van der Waals surface area contributed by atoms with Gasteiger partial charge in [-0.05, 0) is 27.7 Å². The molecule has 10 nitrogen and oxygen atoms in total. The number of methoxy groups -OCH3 is 2. The van der Waals surface area contributed by atoms with Gasteiger partial charge in [0.2, 0.25) is 0 Å². The van der Waals surface area contributed by atoms with Gasteiger partial charge in [-0.3, -0.25) is 0 Å². The molecule has 1 aromatic carbocycles. The maximum absolute atomic E-state index is 6.02. The zero-order valence-electron chi connectivity index (χ0n) is 20.9. The van der Waals surface area contributed by atoms with Crippen molar-refractivity contribution in [1.82, 2.24) is 29.7 Å². The summed E-state index contributed by atoms with van der Waals surface area (Å²) in [6, 6.07) is 0. The summed E-state index contributed by atoms with van der Waals surface area (Å²) in [7, 11) is 3.41. The first-order valence-corrected chi connectivity index (χ1v) is 14.4. The average Bonchev–Trinajstić information content (AvgIpc) is 3.61. The Morgan fingerprint density at radius 2 is 1.35 bits per heavy atom. The number of ether oxygens (including phenoxy) is 2. The lowest BCUT2D eigenvalue weighted by Gasteiger charge is -2.14. The van der Waals surface area contributed by atoms with Crippen molar-refractivity contribution in [3.63, 3.8) is 0 Å². The molecular weight excluding hydrogens is 549 g/mol. The van der Waals surface area contributed by atoms with Crippen LogP contribution in [0.25, 0.3) is 20.7 Å². The van der Waals surface area contributed by atoms with Gasteiger partial charge in [-0.2, -0.15) is 10.2 Å². The van der Waals surface area contributed by atoms with E-state index in [2.05, 4.69) is 32.0 Å². The molecule has 0 bridgehead atoms. The van der Waals surface area contributed by atoms with E-state index in [0.29, 0.717) is 17.0 Å². The summed E-state index contributed by atoms with van der Waals surface area (Å²) in [5.41, 5.74) is 8.25. The second-order valence-corrected chi connectivity index (χ2v) is 12.9. The zero-order valence-corrected chi connectivity index (χ0v) is 24.1. The first-order chi connectivity index (χ1) is 17.7. The quantitative estimate of drug-likeness (QED) is 0.289. The molecule has 2 aliphatic heterocycles. The van der Waals surface area contributed by atoms with E-state index in [9.17, 15) is 0 Å². The van der Waals surface area contributed by atoms with Crippen molar-refractivity contribution in [1.29, 1.82) is 0 Å². The second kappa shape index (κ2) is 8.89. The van der Waals surface area contributed by atoms with Crippen LogP contribution in [0, 0.1) is 20.8 Å². The highest BCUT2D eigenvalue weighted by molar-refractivity contribution is 8.33. The number of nitrogens with zero attached hydrogens (tertiary/aromatic N) is 7. The van der Waals surface area contributed by atoms with E-state index in [1.807, 2.05) is 20.8 Å². The van der Waals surface area contributed by atoms with Crippen molar-refractivity contribution >= 4 is 73.6 Å². The fraction of sp³-hybridized carbons (Fsp3) is 0.261. The Labute approximate surface area is 228 Å². The number of rotatable bonds is 3. The van der Waals surface area contributed by atoms with Crippen molar-refractivity contribution in [3.05, 3.63) is 33.0 Å². The summed E-state index contributed by atoms with van der Waals surface area (Å²) in [6.07, 6.45) is 0. The highest BCUT2D eigenvalue weighted by atomic mass is 32.2. The summed E-state index contributed by atoms with van der Waals surface area (Å²) in [5, 5.41) is 20.3. The van der Waals surface area contributed by atoms with Crippen LogP contribution >= 0.6 is 47.0 Å². The molecule has 0 saturated heterocycles. The average molecular weight is 571 g/mol. The molecule has 3 aromatic heterocycles. The molecule has 0 fully saturated rings. The highest BCUT2D eigenvalue weighted by Gasteiger charge is 2.37. The number of fused-ring (bicyclic) bond motifs is 3. The fourth-order valence-electron chi connectivity index (χ4n) is 4.26. The van der Waals surface area contributed by atoms with Gasteiger partial charge in [0.05, 0.1) is 64.2 Å². The third-order valence-electron chi connectivity index (χ3n) is 5.75. The van der Waals surface area contributed by atoms with Gasteiger partial charge in [-0.25, -0.2) is 4.98 Å². The summed E-state index contributed by atoms with van der Waals surface area (Å²) in [6.45, 7) is 11.7. The molecule has 0 atom stereocenters. The predicted molar refractivity (Wildman–Crippen MR) is 150 cm³/mol. The Morgan fingerprint density at radius 3 is 1.86 bits per heavy atom. The topological polar surface area (TPSA) is 118 Å². The fourth-order valence-corrected chi connectivity index (χ4v) is 10.2. The number of amidine groups is 1. The first-order valence-electron chi connectivity index (χ1n) is 11.1. The molecular formula is C23H22N8O2S4. The molecule has 0 aliphatic carbocycles. The van der Waals surface area contributed by atoms with Crippen molar-refractivity contribution in [3.8, 4) is 11.5 Å². The lowest BCUT2D eigenvalue weighted by molar-refractivity contribution is 0.365. The SMILES string of the molecule is C=c1c(=C2Sc3c(OC)c4c(c(OC)c3S2)SC(=c2c(C)nn3nc(C)nc23)S4)c(C)nn1/N=C(/C)N. The van der Waals surface area contributed by atoms with Crippen molar-refractivity contribution in [2.24, 2.45) is 10.8 Å². The number of nitrogens with two attached hydrogens (primary N) is 1. The van der Waals surface area contributed by atoms with Crippen LogP contribution in [0.15, 0.2) is 24.7 Å². The molecule has 2 N–H and O–H groups in total. The number of hydrogen-bond donors (Lipinski definition) is 1. The van der Waals surface area contributed by atoms with Gasteiger partial charge in [-0.15, -0.1) is 19.6 Å². The van der Waals surface area contributed by atoms with E-state index < -0.39 is 0 Å². The smallest absolute Gasteiger partial charge is 0.187 e. The largest absolute Gasteiger partial charge is 0.494 e. The van der Waals surface area contributed by atoms with Gasteiger partial charge < -0.3 is 15.2 Å². The van der Waals surface area contributed by atoms with Crippen LogP contribution in [0.3, 0.4) is 0 Å². The highest BCUT2D eigenvalue weighted by Crippen LogP contribution is 2.68. The summed E-state index contributed by atoms with van der Waals surface area (Å²) >= 11 is 6.58. The maximum atomic E-state index is 6.02. The molecule has 5 heterocycles. The normalized spacial score (nSPS) is 15.1. The van der Waals surface area contributed by atoms with Gasteiger partial charge in [-0.1, -0.05) is 53.6 Å². The monoisotopic (exact) mass is 570 g/mol. The van der Waals surface area contributed by atoms with Gasteiger partial charge >= 0.3 is 0 Å². The zero-order chi connectivity index (χ0) is 26.2. The van der Waals surface area contributed by atoms with Crippen molar-refractivity contribution < 1.29 is 9.47 Å². The van der Waals surface area contributed by atoms with Crippen molar-refractivity contribution in [2.45, 2.75) is 47.3 Å². The van der Waals surface area contributed by atoms with Gasteiger partial charge in [0.15, 0.2) is 5.65 Å². The number of benzene rings is 1. The summed E-state index contributed by atoms with van der Waals surface area (Å²) in [4.78, 5) is 10.2. The standard InChI is InChI=1S/C23H22N8O2S4/c1-8-13(10(3)30(26-8)28-11(4)24)22-34-17-15(32-6)19-20(16(33-7)18(17)35-22)37-23(36-19)14-9(2)27-31-21(14)25-12(5)29-31/h3H2,1-2,4-7H3,(H2,24,28). The van der Waals surface area contributed by atoms with Crippen LogP contribution in [-0.4, -0.2) is 49.8 Å². The molecule has 2 aliphatic rings. The molecule has 37 heavy (non-hydrogen) atoms. The van der Waals surface area contributed by atoms with Crippen LogP contribution in [0.2, 0.25) is 0 Å². The molecule has 190 valence electrons. The van der Waals surface area contributed by atoms with E-state index in [4.69, 9.17) is 15.2 Å². The molecule has 14 heteroatoms. The molecule has 4 aromatic rings. The predicted octanol–water partition coefficient (Wildman–Crippen LogP) is 2.46. The van der Waals surface area contributed by atoms with Crippen LogP contribution in [-0.2, 0) is 0 Å².